The molecule has 0 saturated heterocycles. The van der Waals surface area contributed by atoms with Crippen LogP contribution < -0.4 is 4.74 Å². The number of esters is 1. The van der Waals surface area contributed by atoms with E-state index >= 15 is 0 Å². The van der Waals surface area contributed by atoms with E-state index in [2.05, 4.69) is 48.5 Å². The van der Waals surface area contributed by atoms with Crippen molar-refractivity contribution in [1.82, 2.24) is 14.5 Å². The molecule has 0 spiro atoms. The summed E-state index contributed by atoms with van der Waals surface area (Å²) in [5.74, 6) is -0.00491. The first-order chi connectivity index (χ1) is 19.6. The van der Waals surface area contributed by atoms with E-state index in [1.807, 2.05) is 75.6 Å². The largest absolute Gasteiger partial charge is 0.487 e. The van der Waals surface area contributed by atoms with Crippen LogP contribution in [0, 0.1) is 6.92 Å². The molecule has 0 fully saturated rings. The van der Waals surface area contributed by atoms with Crippen LogP contribution in [0.4, 0.5) is 0 Å². The van der Waals surface area contributed by atoms with Gasteiger partial charge in [-0.15, -0.1) is 11.8 Å². The normalized spacial score (nSPS) is 12.5. The van der Waals surface area contributed by atoms with Crippen molar-refractivity contribution >= 4 is 39.5 Å². The number of fused-ring (bicyclic) bond motifs is 2. The molecule has 7 heteroatoms. The number of aryl methyl sites for hydroxylation is 2. The van der Waals surface area contributed by atoms with Crippen LogP contribution in [0.25, 0.3) is 21.8 Å². The van der Waals surface area contributed by atoms with Crippen molar-refractivity contribution in [2.75, 3.05) is 6.61 Å². The molecule has 1 atom stereocenters. The van der Waals surface area contributed by atoms with Crippen LogP contribution in [0.3, 0.4) is 0 Å². The molecule has 0 N–H and O–H groups in total. The van der Waals surface area contributed by atoms with Gasteiger partial charge in [0, 0.05) is 57.0 Å². The van der Waals surface area contributed by atoms with E-state index in [4.69, 9.17) is 14.5 Å². The summed E-state index contributed by atoms with van der Waals surface area (Å²) >= 11 is 1.76. The number of carbonyl (C=O) groups is 1. The fourth-order valence-electron chi connectivity index (χ4n) is 5.01. The maximum atomic E-state index is 13.6. The zero-order valence-electron chi connectivity index (χ0n) is 24.6. The zero-order chi connectivity index (χ0) is 29.1. The highest BCUT2D eigenvalue weighted by atomic mass is 32.2. The second-order valence-electron chi connectivity index (χ2n) is 11.3. The zero-order valence-corrected chi connectivity index (χ0v) is 25.4. The maximum absolute atomic E-state index is 13.6. The fourth-order valence-corrected chi connectivity index (χ4v) is 6.28. The molecule has 0 aliphatic carbocycles. The van der Waals surface area contributed by atoms with Gasteiger partial charge < -0.3 is 14.0 Å². The van der Waals surface area contributed by atoms with E-state index in [0.29, 0.717) is 19.6 Å². The summed E-state index contributed by atoms with van der Waals surface area (Å²) < 4.78 is 13.9. The third-order valence-electron chi connectivity index (χ3n) is 6.91. The number of benzene rings is 2. The van der Waals surface area contributed by atoms with Gasteiger partial charge in [-0.25, -0.2) is 0 Å². The second-order valence-corrected chi connectivity index (χ2v) is 13.1. The minimum Gasteiger partial charge on any atom is -0.487 e. The second kappa shape index (κ2) is 12.0. The summed E-state index contributed by atoms with van der Waals surface area (Å²) in [7, 11) is 2.03. The van der Waals surface area contributed by atoms with Gasteiger partial charge in [-0.1, -0.05) is 51.1 Å². The molecule has 5 rings (SSSR count). The summed E-state index contributed by atoms with van der Waals surface area (Å²) in [5, 5.41) is 2.13. The van der Waals surface area contributed by atoms with Gasteiger partial charge in [0.25, 0.3) is 0 Å². The van der Waals surface area contributed by atoms with Crippen LogP contribution in [0.15, 0.2) is 77.8 Å². The van der Waals surface area contributed by atoms with E-state index in [1.165, 1.54) is 0 Å². The molecule has 0 aliphatic heterocycles. The molecule has 212 valence electrons. The number of para-hydroxylation sites is 1. The predicted molar refractivity (Wildman–Crippen MR) is 167 cm³/mol. The van der Waals surface area contributed by atoms with E-state index in [9.17, 15) is 4.79 Å². The Hall–Kier alpha value is -3.84. The summed E-state index contributed by atoms with van der Waals surface area (Å²) in [6.45, 7) is 11.1. The Bertz CT molecular complexity index is 1690. The standard InChI is InChI=1S/C34H37N3O3S/c1-7-39-33(38)28(18-24-15-13-23-10-8-9-11-29(23)36-24)31-32(41-34(3,4)5)27-19-26(16-17-30(27)37(31)6)40-21-25-14-12-22(2)20-35-25/h8-17,19-20,28H,7,18,21H2,1-6H3. The molecule has 2 aromatic carbocycles. The summed E-state index contributed by atoms with van der Waals surface area (Å²) in [6.07, 6.45) is 2.29. The van der Waals surface area contributed by atoms with E-state index < -0.39 is 5.92 Å². The van der Waals surface area contributed by atoms with Gasteiger partial charge in [-0.2, -0.15) is 0 Å². The number of carbonyl (C=O) groups excluding carboxylic acids is 1. The molecule has 41 heavy (non-hydrogen) atoms. The van der Waals surface area contributed by atoms with Crippen molar-refractivity contribution in [2.45, 2.75) is 63.2 Å². The molecule has 0 saturated carbocycles. The van der Waals surface area contributed by atoms with Gasteiger partial charge in [0.15, 0.2) is 0 Å². The summed E-state index contributed by atoms with van der Waals surface area (Å²) in [5.41, 5.74) is 5.73. The quantitative estimate of drug-likeness (QED) is 0.134. The van der Waals surface area contributed by atoms with Gasteiger partial charge in [0.05, 0.1) is 17.8 Å². The molecular weight excluding hydrogens is 530 g/mol. The van der Waals surface area contributed by atoms with Gasteiger partial charge in [0.2, 0.25) is 0 Å². The number of rotatable bonds is 9. The molecule has 0 radical (unpaired) electrons. The topological polar surface area (TPSA) is 66.2 Å². The molecule has 6 nitrogen and oxygen atoms in total. The molecule has 5 aromatic rings. The van der Waals surface area contributed by atoms with E-state index in [1.54, 1.807) is 11.8 Å². The van der Waals surface area contributed by atoms with Crippen LogP contribution in [0.1, 0.15) is 56.3 Å². The Kier molecular flexibility index (Phi) is 8.36. The Morgan fingerprint density at radius 2 is 1.80 bits per heavy atom. The minimum absolute atomic E-state index is 0.0911. The van der Waals surface area contributed by atoms with Gasteiger partial charge in [0.1, 0.15) is 18.3 Å². The van der Waals surface area contributed by atoms with Gasteiger partial charge in [-0.3, -0.25) is 14.8 Å². The minimum atomic E-state index is -0.521. The lowest BCUT2D eigenvalue weighted by Gasteiger charge is -2.22. The number of hydrogen-bond acceptors (Lipinski definition) is 6. The lowest BCUT2D eigenvalue weighted by atomic mass is 9.98. The first-order valence-electron chi connectivity index (χ1n) is 14.0. The molecule has 3 aromatic heterocycles. The molecule has 0 bridgehead atoms. The predicted octanol–water partition coefficient (Wildman–Crippen LogP) is 7.79. The van der Waals surface area contributed by atoms with Crippen molar-refractivity contribution in [3.05, 3.63) is 95.6 Å². The molecule has 0 aliphatic rings. The molecule has 0 amide bonds. The van der Waals surface area contributed by atoms with Crippen molar-refractivity contribution in [2.24, 2.45) is 7.05 Å². The third-order valence-corrected chi connectivity index (χ3v) is 8.15. The monoisotopic (exact) mass is 567 g/mol. The molecule has 1 unspecified atom stereocenters. The lowest BCUT2D eigenvalue weighted by molar-refractivity contribution is -0.145. The number of ether oxygens (including phenoxy) is 2. The van der Waals surface area contributed by atoms with Crippen molar-refractivity contribution < 1.29 is 14.3 Å². The molecule has 3 heterocycles. The van der Waals surface area contributed by atoms with Crippen LogP contribution >= 0.6 is 11.8 Å². The van der Waals surface area contributed by atoms with Crippen LogP contribution in [0.2, 0.25) is 0 Å². The summed E-state index contributed by atoms with van der Waals surface area (Å²) in [6, 6.07) is 22.3. The maximum Gasteiger partial charge on any atom is 0.315 e. The Labute approximate surface area is 246 Å². The Morgan fingerprint density at radius 3 is 2.54 bits per heavy atom. The average Bonchev–Trinajstić information content (AvgIpc) is 3.20. The van der Waals surface area contributed by atoms with Crippen molar-refractivity contribution in [3.63, 3.8) is 0 Å². The smallest absolute Gasteiger partial charge is 0.315 e. The number of hydrogen-bond donors (Lipinski definition) is 0. The van der Waals surface area contributed by atoms with Crippen LogP contribution in [-0.4, -0.2) is 31.9 Å². The number of nitrogens with zero attached hydrogens (tertiary/aromatic N) is 3. The van der Waals surface area contributed by atoms with E-state index in [-0.39, 0.29) is 10.7 Å². The van der Waals surface area contributed by atoms with Gasteiger partial charge in [-0.05, 0) is 55.8 Å². The highest BCUT2D eigenvalue weighted by Gasteiger charge is 2.32. The third kappa shape index (κ3) is 6.57. The van der Waals surface area contributed by atoms with Crippen LogP contribution in [0.5, 0.6) is 5.75 Å². The first-order valence-corrected chi connectivity index (χ1v) is 14.8. The highest BCUT2D eigenvalue weighted by Crippen LogP contribution is 2.45. The number of aromatic nitrogens is 3. The molecular formula is C34H37N3O3S. The first kappa shape index (κ1) is 28.7. The number of thioether (sulfide) groups is 1. The fraction of sp³-hybridized carbons (Fsp3) is 0.324. The Morgan fingerprint density at radius 1 is 1.02 bits per heavy atom. The van der Waals surface area contributed by atoms with Crippen molar-refractivity contribution in [1.29, 1.82) is 0 Å². The summed E-state index contributed by atoms with van der Waals surface area (Å²) in [4.78, 5) is 24.0. The van der Waals surface area contributed by atoms with Crippen molar-refractivity contribution in [3.8, 4) is 5.75 Å². The van der Waals surface area contributed by atoms with Gasteiger partial charge >= 0.3 is 5.97 Å². The lowest BCUT2D eigenvalue weighted by Crippen LogP contribution is -2.22. The van der Waals surface area contributed by atoms with Crippen LogP contribution in [-0.2, 0) is 29.6 Å². The highest BCUT2D eigenvalue weighted by molar-refractivity contribution is 8.00. The van der Waals surface area contributed by atoms with E-state index in [0.717, 1.165) is 55.1 Å². The number of pyridine rings is 2. The average molecular weight is 568 g/mol. The SMILES string of the molecule is CCOC(=O)C(Cc1ccc2ccccc2n1)c1c(SC(C)(C)C)c2cc(OCc3ccc(C)cn3)ccc2n1C. The Balaban J connectivity index is 1.58.